The number of carbonyl (C=O) groups is 1. The molecule has 1 unspecified atom stereocenters. The smallest absolute Gasteiger partial charge is 0.220 e. The summed E-state index contributed by atoms with van der Waals surface area (Å²) in [7, 11) is 1.71. The maximum atomic E-state index is 11.3. The molecule has 0 radical (unpaired) electrons. The van der Waals surface area contributed by atoms with Gasteiger partial charge < -0.3 is 5.32 Å². The lowest BCUT2D eigenvalue weighted by molar-refractivity contribution is -0.121. The molecule has 1 aliphatic carbocycles. The largest absolute Gasteiger partial charge is 0.359 e. The van der Waals surface area contributed by atoms with E-state index in [-0.39, 0.29) is 5.91 Å². The van der Waals surface area contributed by atoms with Crippen molar-refractivity contribution in [1.82, 2.24) is 5.32 Å². The Hall–Kier alpha value is -1.31. The monoisotopic (exact) mass is 217 g/mol. The summed E-state index contributed by atoms with van der Waals surface area (Å²) >= 11 is 0. The van der Waals surface area contributed by atoms with Gasteiger partial charge in [-0.2, -0.15) is 0 Å². The highest BCUT2D eigenvalue weighted by atomic mass is 16.1. The summed E-state index contributed by atoms with van der Waals surface area (Å²) in [6, 6.07) is 6.67. The molecule has 2 rings (SSSR count). The molecule has 1 atom stereocenters. The molecular weight excluding hydrogens is 198 g/mol. The first-order chi connectivity index (χ1) is 7.69. The molecule has 2 nitrogen and oxygen atoms in total. The van der Waals surface area contributed by atoms with Gasteiger partial charge in [-0.1, -0.05) is 23.8 Å². The highest BCUT2D eigenvalue weighted by molar-refractivity contribution is 5.75. The standard InChI is InChI=1S/C14H19NO/c1-10-3-5-13-8-11(9-14(16)15-2)4-6-12(13)7-10/h3,5,7,11H,4,6,8-9H2,1-2H3,(H,15,16). The quantitative estimate of drug-likeness (QED) is 0.808. The van der Waals surface area contributed by atoms with Crippen LogP contribution < -0.4 is 5.32 Å². The van der Waals surface area contributed by atoms with Crippen LogP contribution in [0, 0.1) is 12.8 Å². The molecule has 0 saturated heterocycles. The van der Waals surface area contributed by atoms with E-state index in [1.165, 1.54) is 16.7 Å². The van der Waals surface area contributed by atoms with Crippen LogP contribution in [0.2, 0.25) is 0 Å². The lowest BCUT2D eigenvalue weighted by Gasteiger charge is -2.24. The third kappa shape index (κ3) is 2.43. The van der Waals surface area contributed by atoms with E-state index in [9.17, 15) is 4.79 Å². The zero-order valence-electron chi connectivity index (χ0n) is 10.0. The van der Waals surface area contributed by atoms with Crippen molar-refractivity contribution in [3.05, 3.63) is 34.9 Å². The van der Waals surface area contributed by atoms with Crippen molar-refractivity contribution in [1.29, 1.82) is 0 Å². The second kappa shape index (κ2) is 4.69. The SMILES string of the molecule is CNC(=O)CC1CCc2cc(C)ccc2C1. The summed E-state index contributed by atoms with van der Waals surface area (Å²) < 4.78 is 0. The van der Waals surface area contributed by atoms with Crippen molar-refractivity contribution < 1.29 is 4.79 Å². The molecule has 1 aliphatic rings. The van der Waals surface area contributed by atoms with Gasteiger partial charge in [0.2, 0.25) is 5.91 Å². The zero-order chi connectivity index (χ0) is 11.5. The molecule has 1 amide bonds. The van der Waals surface area contributed by atoms with Gasteiger partial charge in [0.05, 0.1) is 0 Å². The molecule has 0 spiro atoms. The van der Waals surface area contributed by atoms with E-state index in [0.29, 0.717) is 12.3 Å². The van der Waals surface area contributed by atoms with Gasteiger partial charge in [-0.25, -0.2) is 0 Å². The van der Waals surface area contributed by atoms with Crippen LogP contribution in [-0.4, -0.2) is 13.0 Å². The zero-order valence-corrected chi connectivity index (χ0v) is 10.0. The molecule has 0 fully saturated rings. The van der Waals surface area contributed by atoms with Gasteiger partial charge in [-0.3, -0.25) is 4.79 Å². The molecule has 0 heterocycles. The number of nitrogens with one attached hydrogen (secondary N) is 1. The van der Waals surface area contributed by atoms with Crippen molar-refractivity contribution in [2.24, 2.45) is 5.92 Å². The fourth-order valence-corrected chi connectivity index (χ4v) is 2.50. The first-order valence-electron chi connectivity index (χ1n) is 5.98. The summed E-state index contributed by atoms with van der Waals surface area (Å²) in [5.74, 6) is 0.690. The van der Waals surface area contributed by atoms with Gasteiger partial charge in [0.1, 0.15) is 0 Å². The minimum absolute atomic E-state index is 0.167. The van der Waals surface area contributed by atoms with Crippen molar-refractivity contribution in [3.8, 4) is 0 Å². The minimum Gasteiger partial charge on any atom is -0.359 e. The van der Waals surface area contributed by atoms with Gasteiger partial charge in [-0.15, -0.1) is 0 Å². The number of amides is 1. The summed E-state index contributed by atoms with van der Waals surface area (Å²) in [5, 5.41) is 2.71. The van der Waals surface area contributed by atoms with Crippen LogP contribution in [0.15, 0.2) is 18.2 Å². The Morgan fingerprint density at radius 2 is 2.25 bits per heavy atom. The van der Waals surface area contributed by atoms with Crippen molar-refractivity contribution in [3.63, 3.8) is 0 Å². The molecule has 0 bridgehead atoms. The number of benzene rings is 1. The van der Waals surface area contributed by atoms with Crippen LogP contribution in [0.4, 0.5) is 0 Å². The molecule has 0 aromatic heterocycles. The van der Waals surface area contributed by atoms with Crippen LogP contribution in [0.25, 0.3) is 0 Å². The number of hydrogen-bond acceptors (Lipinski definition) is 1. The Balaban J connectivity index is 2.06. The minimum atomic E-state index is 0.167. The van der Waals surface area contributed by atoms with E-state index in [4.69, 9.17) is 0 Å². The lowest BCUT2D eigenvalue weighted by Crippen LogP contribution is -2.24. The second-order valence-corrected chi connectivity index (χ2v) is 4.76. The van der Waals surface area contributed by atoms with Gasteiger partial charge in [-0.05, 0) is 43.2 Å². The van der Waals surface area contributed by atoms with Crippen LogP contribution >= 0.6 is 0 Å². The van der Waals surface area contributed by atoms with Crippen LogP contribution in [-0.2, 0) is 17.6 Å². The third-order valence-electron chi connectivity index (χ3n) is 3.45. The number of rotatable bonds is 2. The molecule has 0 saturated carbocycles. The van der Waals surface area contributed by atoms with Crippen molar-refractivity contribution in [2.75, 3.05) is 7.05 Å². The predicted octanol–water partition coefficient (Wildman–Crippen LogP) is 2.24. The van der Waals surface area contributed by atoms with E-state index >= 15 is 0 Å². The molecule has 1 N–H and O–H groups in total. The fourth-order valence-electron chi connectivity index (χ4n) is 2.50. The number of hydrogen-bond donors (Lipinski definition) is 1. The molecule has 2 heteroatoms. The maximum Gasteiger partial charge on any atom is 0.220 e. The van der Waals surface area contributed by atoms with Crippen LogP contribution in [0.3, 0.4) is 0 Å². The van der Waals surface area contributed by atoms with E-state index in [1.54, 1.807) is 7.05 Å². The normalized spacial score (nSPS) is 19.0. The second-order valence-electron chi connectivity index (χ2n) is 4.76. The number of carbonyl (C=O) groups excluding carboxylic acids is 1. The summed E-state index contributed by atoms with van der Waals surface area (Å²) in [5.41, 5.74) is 4.25. The number of fused-ring (bicyclic) bond motifs is 1. The first kappa shape index (κ1) is 11.2. The van der Waals surface area contributed by atoms with Gasteiger partial charge >= 0.3 is 0 Å². The molecule has 1 aromatic rings. The topological polar surface area (TPSA) is 29.1 Å². The Morgan fingerprint density at radius 3 is 3.00 bits per heavy atom. The molecule has 16 heavy (non-hydrogen) atoms. The van der Waals surface area contributed by atoms with Crippen LogP contribution in [0.1, 0.15) is 29.5 Å². The Bertz CT molecular complexity index is 398. The van der Waals surface area contributed by atoms with E-state index < -0.39 is 0 Å². The summed E-state index contributed by atoms with van der Waals surface area (Å²) in [6.45, 7) is 2.14. The Kier molecular flexibility index (Phi) is 3.28. The maximum absolute atomic E-state index is 11.3. The van der Waals surface area contributed by atoms with Gasteiger partial charge in [0, 0.05) is 13.5 Å². The Morgan fingerprint density at radius 1 is 1.44 bits per heavy atom. The molecule has 86 valence electrons. The summed E-state index contributed by atoms with van der Waals surface area (Å²) in [4.78, 5) is 11.3. The van der Waals surface area contributed by atoms with E-state index in [2.05, 4.69) is 30.4 Å². The van der Waals surface area contributed by atoms with E-state index in [1.807, 2.05) is 0 Å². The molecular formula is C14H19NO. The molecule has 0 aliphatic heterocycles. The first-order valence-corrected chi connectivity index (χ1v) is 5.98. The lowest BCUT2D eigenvalue weighted by atomic mass is 9.81. The number of aryl methyl sites for hydroxylation is 2. The van der Waals surface area contributed by atoms with Gasteiger partial charge in [0.25, 0.3) is 0 Å². The predicted molar refractivity (Wildman–Crippen MR) is 65.4 cm³/mol. The fraction of sp³-hybridized carbons (Fsp3) is 0.500. The van der Waals surface area contributed by atoms with Crippen molar-refractivity contribution >= 4 is 5.91 Å². The average Bonchev–Trinajstić information content (AvgIpc) is 2.29. The van der Waals surface area contributed by atoms with Gasteiger partial charge in [0.15, 0.2) is 0 Å². The summed E-state index contributed by atoms with van der Waals surface area (Å²) in [6.07, 6.45) is 4.00. The van der Waals surface area contributed by atoms with Crippen LogP contribution in [0.5, 0.6) is 0 Å². The average molecular weight is 217 g/mol. The third-order valence-corrected chi connectivity index (χ3v) is 3.45. The Labute approximate surface area is 97.1 Å². The van der Waals surface area contributed by atoms with Crippen molar-refractivity contribution in [2.45, 2.75) is 32.6 Å². The molecule has 1 aromatic carbocycles. The van der Waals surface area contributed by atoms with E-state index in [0.717, 1.165) is 19.3 Å². The highest BCUT2D eigenvalue weighted by Crippen LogP contribution is 2.28. The highest BCUT2D eigenvalue weighted by Gasteiger charge is 2.20.